The molecular weight excluding hydrogens is 837 g/mol. The van der Waals surface area contributed by atoms with Gasteiger partial charge < -0.3 is 29.2 Å². The molecule has 0 aromatic carbocycles. The van der Waals surface area contributed by atoms with E-state index >= 15 is 0 Å². The average Bonchev–Trinajstić information content (AvgIpc) is 3.75. The molecule has 3 aliphatic rings. The van der Waals surface area contributed by atoms with E-state index < -0.39 is 103 Å². The number of nitrogens with zero attached hydrogens (tertiary/aromatic N) is 7. The van der Waals surface area contributed by atoms with E-state index in [1.54, 1.807) is 0 Å². The Morgan fingerprint density at radius 1 is 0.933 bits per heavy atom. The van der Waals surface area contributed by atoms with Gasteiger partial charge in [0, 0.05) is 47.9 Å². The molecule has 7 atom stereocenters. The van der Waals surface area contributed by atoms with E-state index in [2.05, 4.69) is 30.8 Å². The second kappa shape index (κ2) is 16.6. The van der Waals surface area contributed by atoms with Crippen molar-refractivity contribution in [2.24, 2.45) is 10.8 Å². The average molecular weight is 897 g/mol. The van der Waals surface area contributed by atoms with Gasteiger partial charge in [0.15, 0.2) is 28.5 Å². The van der Waals surface area contributed by atoms with Crippen LogP contribution in [0.15, 0.2) is 47.8 Å². The number of hydrogen-bond donors (Lipinski definition) is 2. The number of ether oxygens (including phenoxy) is 2. The molecule has 2 aromatic rings. The van der Waals surface area contributed by atoms with E-state index in [1.165, 1.54) is 35.4 Å². The molecule has 60 heavy (non-hydrogen) atoms. The van der Waals surface area contributed by atoms with Gasteiger partial charge in [-0.1, -0.05) is 46.7 Å². The number of aliphatic hydroxyl groups is 1. The summed E-state index contributed by atoms with van der Waals surface area (Å²) in [7, 11) is -9.68. The van der Waals surface area contributed by atoms with E-state index in [0.717, 1.165) is 14.5 Å². The SMILES string of the molecule is Cc1cn([C@@H]2O[C@H](CO[Si](C)(C)C(C)(C)C)[C@@]3(OS(=O)(=O)C=C3N)[C@H]2O[Si](C)(C)C(C)(C)C)c(=O)n(CCCn2c(=O)c(C)cn([C@H]3C[C@H](N=[N+]=[N-])[C@@H](CO)O3)c2=O)c1=O. The van der Waals surface area contributed by atoms with Gasteiger partial charge in [0.05, 0.1) is 36.5 Å². The lowest BCUT2D eigenvalue weighted by atomic mass is 9.89. The van der Waals surface area contributed by atoms with Crippen LogP contribution in [0.1, 0.15) is 78.0 Å². The number of nitrogens with two attached hydrogens (primary N) is 1. The van der Waals surface area contributed by atoms with Crippen molar-refractivity contribution in [3.8, 4) is 0 Å². The van der Waals surface area contributed by atoms with Gasteiger partial charge in [-0.05, 0) is 62.1 Å². The standard InChI is InChI=1S/C37H60N8O12SSi2/c1-22-17-44(28-16-24(40-41-39)25(19-46)54-28)33(49)42(30(22)47)14-13-15-43-31(48)23(2)18-45(34(43)50)32-29(56-60(11,12)36(6,7)8)37(26(38)21-58(51,52)57-37)27(55-32)20-53-59(9,10)35(3,4)5/h17-18,21,24-25,27-29,32,46H,13-16,19-20,38H2,1-12H3/t24-,25+,27+,28+,29-,32+,37+/m0/s1. The highest BCUT2D eigenvalue weighted by molar-refractivity contribution is 7.90. The van der Waals surface area contributed by atoms with Gasteiger partial charge >= 0.3 is 11.4 Å². The number of aromatic nitrogens is 4. The van der Waals surface area contributed by atoms with Crippen LogP contribution in [-0.4, -0.2) is 91.6 Å². The number of hydrogen-bond acceptors (Lipinski definition) is 14. The number of rotatable bonds is 13. The summed E-state index contributed by atoms with van der Waals surface area (Å²) in [5.41, 5.74) is 11.0. The number of aliphatic hydroxyl groups excluding tert-OH is 1. The van der Waals surface area contributed by atoms with Crippen molar-refractivity contribution >= 4 is 26.8 Å². The third kappa shape index (κ3) is 8.70. The van der Waals surface area contributed by atoms with Gasteiger partial charge in [0.1, 0.15) is 18.4 Å². The first-order chi connectivity index (χ1) is 27.5. The second-order valence-corrected chi connectivity index (χ2v) is 29.9. The van der Waals surface area contributed by atoms with Crippen LogP contribution in [0.4, 0.5) is 0 Å². The fourth-order valence-electron chi connectivity index (χ4n) is 7.14. The molecule has 0 unspecified atom stereocenters. The summed E-state index contributed by atoms with van der Waals surface area (Å²) in [5.74, 6) is 0. The molecule has 0 bridgehead atoms. The van der Waals surface area contributed by atoms with Gasteiger partial charge in [-0.3, -0.25) is 27.9 Å². The third-order valence-electron chi connectivity index (χ3n) is 12.7. The van der Waals surface area contributed by atoms with E-state index in [4.69, 9.17) is 33.8 Å². The fourth-order valence-corrected chi connectivity index (χ4v) is 10.6. The van der Waals surface area contributed by atoms with Crippen LogP contribution in [-0.2, 0) is 45.7 Å². The van der Waals surface area contributed by atoms with Crippen LogP contribution in [0, 0.1) is 13.8 Å². The molecule has 2 fully saturated rings. The molecule has 0 amide bonds. The van der Waals surface area contributed by atoms with Gasteiger partial charge in [-0.25, -0.2) is 13.8 Å². The molecule has 3 N–H and O–H groups in total. The summed E-state index contributed by atoms with van der Waals surface area (Å²) in [6.45, 7) is 22.1. The Kier molecular flexibility index (Phi) is 13.1. The maximum atomic E-state index is 14.6. The van der Waals surface area contributed by atoms with E-state index in [1.807, 2.05) is 47.0 Å². The zero-order chi connectivity index (χ0) is 45.1. The van der Waals surface area contributed by atoms with Crippen LogP contribution in [0.3, 0.4) is 0 Å². The molecule has 0 radical (unpaired) electrons. The molecule has 5 rings (SSSR count). The van der Waals surface area contributed by atoms with Crippen LogP contribution in [0.2, 0.25) is 36.3 Å². The summed E-state index contributed by atoms with van der Waals surface area (Å²) in [4.78, 5) is 58.1. The Morgan fingerprint density at radius 2 is 1.47 bits per heavy atom. The minimum Gasteiger partial charge on any atom is -0.414 e. The lowest BCUT2D eigenvalue weighted by Gasteiger charge is -2.43. The van der Waals surface area contributed by atoms with Gasteiger partial charge in [0.2, 0.25) is 0 Å². The van der Waals surface area contributed by atoms with Gasteiger partial charge in [-0.15, -0.1) is 0 Å². The quantitative estimate of drug-likeness (QED) is 0.0963. The largest absolute Gasteiger partial charge is 0.414 e. The molecule has 1 spiro atoms. The minimum absolute atomic E-state index is 0.0251. The number of aryl methyl sites for hydroxylation is 2. The Bertz CT molecular complexity index is 2420. The predicted molar refractivity (Wildman–Crippen MR) is 227 cm³/mol. The van der Waals surface area contributed by atoms with E-state index in [9.17, 15) is 32.7 Å². The predicted octanol–water partition coefficient (Wildman–Crippen LogP) is 3.21. The summed E-state index contributed by atoms with van der Waals surface area (Å²) < 4.78 is 62.7. The van der Waals surface area contributed by atoms with Crippen LogP contribution in [0.25, 0.3) is 10.4 Å². The third-order valence-corrected chi connectivity index (χ3v) is 22.7. The smallest absolute Gasteiger partial charge is 0.333 e. The molecule has 2 aromatic heterocycles. The molecule has 0 aliphatic carbocycles. The molecule has 3 aliphatic heterocycles. The van der Waals surface area contributed by atoms with Crippen LogP contribution < -0.4 is 28.2 Å². The maximum absolute atomic E-state index is 14.6. The maximum Gasteiger partial charge on any atom is 0.333 e. The van der Waals surface area contributed by atoms with Crippen molar-refractivity contribution in [2.45, 2.75) is 160 Å². The molecule has 334 valence electrons. The first kappa shape index (κ1) is 47.4. The Hall–Kier alpha value is -3.65. The van der Waals surface area contributed by atoms with Crippen molar-refractivity contribution in [3.63, 3.8) is 0 Å². The summed E-state index contributed by atoms with van der Waals surface area (Å²) >= 11 is 0. The number of azide groups is 1. The molecule has 5 heterocycles. The Balaban J connectivity index is 1.56. The van der Waals surface area contributed by atoms with Crippen molar-refractivity contribution < 1.29 is 36.0 Å². The van der Waals surface area contributed by atoms with Gasteiger partial charge in [0.25, 0.3) is 21.2 Å². The molecular formula is C37H60N8O12SSi2. The van der Waals surface area contributed by atoms with Crippen molar-refractivity contribution in [2.75, 3.05) is 13.2 Å². The molecule has 0 saturated carbocycles. The normalized spacial score (nSPS) is 27.1. The highest BCUT2D eigenvalue weighted by atomic mass is 32.2. The summed E-state index contributed by atoms with van der Waals surface area (Å²) in [6.07, 6.45) is -2.91. The minimum atomic E-state index is -4.34. The van der Waals surface area contributed by atoms with Crippen LogP contribution >= 0.6 is 0 Å². The van der Waals surface area contributed by atoms with Crippen molar-refractivity contribution in [1.82, 2.24) is 18.3 Å². The van der Waals surface area contributed by atoms with E-state index in [-0.39, 0.29) is 54.4 Å². The monoisotopic (exact) mass is 896 g/mol. The zero-order valence-corrected chi connectivity index (χ0v) is 39.3. The van der Waals surface area contributed by atoms with Crippen molar-refractivity contribution in [3.05, 3.63) is 86.7 Å². The van der Waals surface area contributed by atoms with E-state index in [0.29, 0.717) is 0 Å². The second-order valence-electron chi connectivity index (χ2n) is 18.9. The van der Waals surface area contributed by atoms with Crippen molar-refractivity contribution in [1.29, 1.82) is 0 Å². The Labute approximate surface area is 350 Å². The van der Waals surface area contributed by atoms with Gasteiger partial charge in [-0.2, -0.15) is 8.42 Å². The molecule has 20 nitrogen and oxygen atoms in total. The zero-order valence-electron chi connectivity index (χ0n) is 36.5. The first-order valence-corrected chi connectivity index (χ1v) is 27.2. The lowest BCUT2D eigenvalue weighted by molar-refractivity contribution is -0.0567. The first-order valence-electron chi connectivity index (χ1n) is 19.9. The highest BCUT2D eigenvalue weighted by Crippen LogP contribution is 2.52. The fraction of sp³-hybridized carbons (Fsp3) is 0.730. The topological polar surface area (TPSA) is 263 Å². The summed E-state index contributed by atoms with van der Waals surface area (Å²) in [5, 5.41) is 13.6. The molecule has 2 saturated heterocycles. The lowest BCUT2D eigenvalue weighted by Crippen LogP contribution is -2.59. The summed E-state index contributed by atoms with van der Waals surface area (Å²) in [6, 6.07) is -0.740. The van der Waals surface area contributed by atoms with Crippen LogP contribution in [0.5, 0.6) is 0 Å². The Morgan fingerprint density at radius 3 is 1.95 bits per heavy atom. The molecule has 23 heteroatoms. The highest BCUT2D eigenvalue weighted by Gasteiger charge is 2.67.